The largest absolute Gasteiger partial charge is 0.489 e. The Morgan fingerprint density at radius 2 is 2.21 bits per heavy atom. The van der Waals surface area contributed by atoms with Crippen LogP contribution in [0.25, 0.3) is 0 Å². The summed E-state index contributed by atoms with van der Waals surface area (Å²) in [5, 5.41) is 3.34. The maximum atomic E-state index is 6.15. The maximum absolute atomic E-state index is 6.15. The van der Waals surface area contributed by atoms with Gasteiger partial charge in [-0.25, -0.2) is 0 Å². The first-order chi connectivity index (χ1) is 9.19. The zero-order valence-electron chi connectivity index (χ0n) is 11.9. The molecule has 1 aliphatic rings. The molecule has 0 saturated heterocycles. The van der Waals surface area contributed by atoms with Gasteiger partial charge in [-0.1, -0.05) is 26.3 Å². The first-order valence-corrected chi connectivity index (χ1v) is 8.14. The molecule has 3 heteroatoms. The van der Waals surface area contributed by atoms with Crippen LogP contribution >= 0.6 is 15.9 Å². The highest BCUT2D eigenvalue weighted by Gasteiger charge is 2.20. The van der Waals surface area contributed by atoms with Gasteiger partial charge in [-0.05, 0) is 65.4 Å². The van der Waals surface area contributed by atoms with E-state index in [4.69, 9.17) is 4.74 Å². The van der Waals surface area contributed by atoms with Gasteiger partial charge in [0.05, 0.1) is 10.6 Å². The standard InChI is InChI=1S/C16H24BrNO/c1-3-18-11-13-7-8-16(15(17)10-13)19-14-6-4-5-12(2)9-14/h7-8,10,12,14,18H,3-6,9,11H2,1-2H3. The lowest BCUT2D eigenvalue weighted by atomic mass is 9.89. The minimum atomic E-state index is 0.389. The van der Waals surface area contributed by atoms with Crippen LogP contribution < -0.4 is 10.1 Å². The summed E-state index contributed by atoms with van der Waals surface area (Å²) in [6.45, 7) is 6.35. The minimum absolute atomic E-state index is 0.389. The van der Waals surface area contributed by atoms with Crippen molar-refractivity contribution >= 4 is 15.9 Å². The fourth-order valence-electron chi connectivity index (χ4n) is 2.68. The third kappa shape index (κ3) is 4.50. The molecule has 0 amide bonds. The van der Waals surface area contributed by atoms with Crippen LogP contribution in [0, 0.1) is 5.92 Å². The average Bonchev–Trinajstić information content (AvgIpc) is 2.39. The Hall–Kier alpha value is -0.540. The van der Waals surface area contributed by atoms with Gasteiger partial charge in [0.2, 0.25) is 0 Å². The molecule has 1 aliphatic carbocycles. The Kier molecular flexibility index (Phi) is 5.71. The smallest absolute Gasteiger partial charge is 0.133 e. The zero-order chi connectivity index (χ0) is 13.7. The topological polar surface area (TPSA) is 21.3 Å². The Morgan fingerprint density at radius 1 is 1.37 bits per heavy atom. The van der Waals surface area contributed by atoms with Crippen LogP contribution in [0.4, 0.5) is 0 Å². The summed E-state index contributed by atoms with van der Waals surface area (Å²) in [5.41, 5.74) is 1.29. The van der Waals surface area contributed by atoms with E-state index >= 15 is 0 Å². The normalized spacial score (nSPS) is 23.3. The summed E-state index contributed by atoms with van der Waals surface area (Å²) in [6.07, 6.45) is 5.41. The van der Waals surface area contributed by atoms with Crippen LogP contribution in [0.3, 0.4) is 0 Å². The highest BCUT2D eigenvalue weighted by molar-refractivity contribution is 9.10. The van der Waals surface area contributed by atoms with Crippen LogP contribution in [0.2, 0.25) is 0 Å². The van der Waals surface area contributed by atoms with Crippen molar-refractivity contribution in [3.8, 4) is 5.75 Å². The van der Waals surface area contributed by atoms with Gasteiger partial charge in [-0.2, -0.15) is 0 Å². The molecule has 0 radical (unpaired) electrons. The van der Waals surface area contributed by atoms with Crippen molar-refractivity contribution in [2.24, 2.45) is 5.92 Å². The molecule has 2 unspecified atom stereocenters. The molecule has 2 atom stereocenters. The molecule has 0 aliphatic heterocycles. The van der Waals surface area contributed by atoms with Gasteiger partial charge in [-0.15, -0.1) is 0 Å². The van der Waals surface area contributed by atoms with E-state index < -0.39 is 0 Å². The van der Waals surface area contributed by atoms with E-state index in [1.54, 1.807) is 0 Å². The number of ether oxygens (including phenoxy) is 1. The molecular formula is C16H24BrNO. The SMILES string of the molecule is CCNCc1ccc(OC2CCCC(C)C2)c(Br)c1. The zero-order valence-corrected chi connectivity index (χ0v) is 13.5. The second kappa shape index (κ2) is 7.30. The summed E-state index contributed by atoms with van der Waals surface area (Å²) < 4.78 is 7.22. The van der Waals surface area contributed by atoms with Crippen molar-refractivity contribution in [2.75, 3.05) is 6.54 Å². The summed E-state index contributed by atoms with van der Waals surface area (Å²) >= 11 is 3.63. The van der Waals surface area contributed by atoms with E-state index in [9.17, 15) is 0 Å². The van der Waals surface area contributed by atoms with E-state index in [1.807, 2.05) is 0 Å². The van der Waals surface area contributed by atoms with Crippen molar-refractivity contribution in [3.05, 3.63) is 28.2 Å². The quantitative estimate of drug-likeness (QED) is 0.859. The van der Waals surface area contributed by atoms with Gasteiger partial charge < -0.3 is 10.1 Å². The van der Waals surface area contributed by atoms with E-state index in [0.717, 1.165) is 29.2 Å². The van der Waals surface area contributed by atoms with Crippen molar-refractivity contribution in [2.45, 2.75) is 52.2 Å². The third-order valence-corrected chi connectivity index (χ3v) is 4.38. The number of rotatable bonds is 5. The number of halogens is 1. The van der Waals surface area contributed by atoms with Crippen LogP contribution in [-0.4, -0.2) is 12.6 Å². The van der Waals surface area contributed by atoms with Gasteiger partial charge in [0.25, 0.3) is 0 Å². The van der Waals surface area contributed by atoms with Gasteiger partial charge in [0.1, 0.15) is 5.75 Å². The molecule has 0 heterocycles. The van der Waals surface area contributed by atoms with Crippen LogP contribution in [0.15, 0.2) is 22.7 Å². The number of benzene rings is 1. The summed E-state index contributed by atoms with van der Waals surface area (Å²) in [5.74, 6) is 1.78. The molecule has 106 valence electrons. The molecule has 2 rings (SSSR count). The number of hydrogen-bond donors (Lipinski definition) is 1. The third-order valence-electron chi connectivity index (χ3n) is 3.76. The summed E-state index contributed by atoms with van der Waals surface area (Å²) in [7, 11) is 0. The monoisotopic (exact) mass is 325 g/mol. The molecule has 0 spiro atoms. The van der Waals surface area contributed by atoms with Crippen molar-refractivity contribution < 1.29 is 4.74 Å². The lowest BCUT2D eigenvalue weighted by molar-refractivity contribution is 0.128. The van der Waals surface area contributed by atoms with Crippen molar-refractivity contribution in [1.29, 1.82) is 0 Å². The van der Waals surface area contributed by atoms with Gasteiger partial charge in [0, 0.05) is 6.54 Å². The molecule has 19 heavy (non-hydrogen) atoms. The highest BCUT2D eigenvalue weighted by Crippen LogP contribution is 2.31. The Labute approximate surface area is 125 Å². The van der Waals surface area contributed by atoms with E-state index in [-0.39, 0.29) is 0 Å². The summed E-state index contributed by atoms with van der Waals surface area (Å²) in [6, 6.07) is 6.40. The first-order valence-electron chi connectivity index (χ1n) is 7.34. The second-order valence-electron chi connectivity index (χ2n) is 5.56. The van der Waals surface area contributed by atoms with Gasteiger partial charge >= 0.3 is 0 Å². The van der Waals surface area contributed by atoms with E-state index in [0.29, 0.717) is 6.10 Å². The molecule has 1 N–H and O–H groups in total. The lowest BCUT2D eigenvalue weighted by Gasteiger charge is -2.27. The van der Waals surface area contributed by atoms with Gasteiger partial charge in [-0.3, -0.25) is 0 Å². The first kappa shape index (κ1) is 14.9. The molecule has 1 aromatic carbocycles. The predicted octanol–water partition coefficient (Wildman–Crippen LogP) is 4.52. The van der Waals surface area contributed by atoms with Gasteiger partial charge in [0.15, 0.2) is 0 Å². The van der Waals surface area contributed by atoms with Crippen LogP contribution in [0.5, 0.6) is 5.75 Å². The fourth-order valence-corrected chi connectivity index (χ4v) is 3.20. The number of nitrogens with one attached hydrogen (secondary N) is 1. The second-order valence-corrected chi connectivity index (χ2v) is 6.41. The Bertz CT molecular complexity index is 408. The van der Waals surface area contributed by atoms with Crippen LogP contribution in [-0.2, 0) is 6.54 Å². The molecule has 2 nitrogen and oxygen atoms in total. The van der Waals surface area contributed by atoms with Crippen molar-refractivity contribution in [3.63, 3.8) is 0 Å². The molecule has 0 aromatic heterocycles. The summed E-state index contributed by atoms with van der Waals surface area (Å²) in [4.78, 5) is 0. The molecular weight excluding hydrogens is 302 g/mol. The molecule has 1 saturated carbocycles. The number of hydrogen-bond acceptors (Lipinski definition) is 2. The predicted molar refractivity (Wildman–Crippen MR) is 83.6 cm³/mol. The van der Waals surface area contributed by atoms with Crippen molar-refractivity contribution in [1.82, 2.24) is 5.32 Å². The van der Waals surface area contributed by atoms with E-state index in [2.05, 4.69) is 53.3 Å². The molecule has 1 fully saturated rings. The van der Waals surface area contributed by atoms with E-state index in [1.165, 1.54) is 31.2 Å². The minimum Gasteiger partial charge on any atom is -0.489 e. The molecule has 0 bridgehead atoms. The highest BCUT2D eigenvalue weighted by atomic mass is 79.9. The Balaban J connectivity index is 1.96. The Morgan fingerprint density at radius 3 is 2.89 bits per heavy atom. The lowest BCUT2D eigenvalue weighted by Crippen LogP contribution is -2.24. The molecule has 1 aromatic rings. The fraction of sp³-hybridized carbons (Fsp3) is 0.625. The van der Waals surface area contributed by atoms with Crippen LogP contribution in [0.1, 0.15) is 45.1 Å². The maximum Gasteiger partial charge on any atom is 0.133 e. The average molecular weight is 326 g/mol.